The van der Waals surface area contributed by atoms with Crippen LogP contribution >= 0.6 is 34.4 Å². The normalized spacial score (nSPS) is 17.0. The molecular formula is C25H23IN2O7S. The SMILES string of the molecule is CCOc1cc(/C=C2\SC(=O)N(CC(=O)N3CCOCC3)C2=O)ccc1OC(=O)c1ccccc1I. The number of halogens is 1. The fourth-order valence-electron chi connectivity index (χ4n) is 3.58. The fourth-order valence-corrected chi connectivity index (χ4v) is 5.03. The van der Waals surface area contributed by atoms with Crippen molar-refractivity contribution < 1.29 is 33.4 Å². The number of hydrogen-bond donors (Lipinski definition) is 0. The van der Waals surface area contributed by atoms with Gasteiger partial charge in [0.2, 0.25) is 5.91 Å². The van der Waals surface area contributed by atoms with Gasteiger partial charge in [-0.2, -0.15) is 0 Å². The molecule has 2 aliphatic heterocycles. The van der Waals surface area contributed by atoms with E-state index in [0.29, 0.717) is 49.8 Å². The van der Waals surface area contributed by atoms with Crippen LogP contribution in [0.2, 0.25) is 0 Å². The van der Waals surface area contributed by atoms with Crippen molar-refractivity contribution in [2.24, 2.45) is 0 Å². The molecule has 36 heavy (non-hydrogen) atoms. The highest BCUT2D eigenvalue weighted by Crippen LogP contribution is 2.35. The lowest BCUT2D eigenvalue weighted by molar-refractivity contribution is -0.139. The van der Waals surface area contributed by atoms with E-state index >= 15 is 0 Å². The lowest BCUT2D eigenvalue weighted by atomic mass is 10.1. The van der Waals surface area contributed by atoms with Crippen LogP contribution < -0.4 is 9.47 Å². The maximum Gasteiger partial charge on any atom is 0.344 e. The Morgan fingerprint density at radius 2 is 1.86 bits per heavy atom. The smallest absolute Gasteiger partial charge is 0.344 e. The van der Waals surface area contributed by atoms with E-state index in [0.717, 1.165) is 20.2 Å². The second kappa shape index (κ2) is 11.9. The molecule has 2 aliphatic rings. The largest absolute Gasteiger partial charge is 0.490 e. The number of hydrogen-bond acceptors (Lipinski definition) is 8. The molecule has 4 rings (SSSR count). The molecule has 0 bridgehead atoms. The lowest BCUT2D eigenvalue weighted by Crippen LogP contribution is -2.46. The van der Waals surface area contributed by atoms with Gasteiger partial charge in [0.1, 0.15) is 6.54 Å². The maximum absolute atomic E-state index is 12.9. The number of carbonyl (C=O) groups is 4. The first-order chi connectivity index (χ1) is 17.4. The number of morpholine rings is 1. The standard InChI is InChI=1S/C25H23IN2O7S/c1-2-34-20-13-16(7-8-19(20)35-24(31)17-5-3-4-6-18(17)26)14-21-23(30)28(25(32)36-21)15-22(29)27-9-11-33-12-10-27/h3-8,13-14H,2,9-12,15H2,1H3/b21-14-. The summed E-state index contributed by atoms with van der Waals surface area (Å²) < 4.78 is 17.2. The van der Waals surface area contributed by atoms with Crippen LogP contribution in [0.3, 0.4) is 0 Å². The van der Waals surface area contributed by atoms with Crippen molar-refractivity contribution in [3.63, 3.8) is 0 Å². The summed E-state index contributed by atoms with van der Waals surface area (Å²) in [5.74, 6) is -0.770. The number of imide groups is 1. The molecule has 0 radical (unpaired) electrons. The highest BCUT2D eigenvalue weighted by Gasteiger charge is 2.37. The lowest BCUT2D eigenvalue weighted by Gasteiger charge is -2.28. The Morgan fingerprint density at radius 3 is 2.58 bits per heavy atom. The quantitative estimate of drug-likeness (QED) is 0.199. The molecule has 11 heteroatoms. The first-order valence-corrected chi connectivity index (χ1v) is 13.1. The molecule has 0 unspecified atom stereocenters. The van der Waals surface area contributed by atoms with Crippen molar-refractivity contribution >= 4 is 63.5 Å². The summed E-state index contributed by atoms with van der Waals surface area (Å²) in [5.41, 5.74) is 1.02. The summed E-state index contributed by atoms with van der Waals surface area (Å²) in [6.45, 7) is 3.57. The first kappa shape index (κ1) is 26.2. The Morgan fingerprint density at radius 1 is 1.11 bits per heavy atom. The third kappa shape index (κ3) is 6.08. The van der Waals surface area contributed by atoms with Crippen LogP contribution in [-0.4, -0.2) is 72.3 Å². The Bertz CT molecular complexity index is 1230. The van der Waals surface area contributed by atoms with Crippen LogP contribution in [0.5, 0.6) is 11.5 Å². The van der Waals surface area contributed by atoms with E-state index in [1.165, 1.54) is 0 Å². The predicted octanol–water partition coefficient (Wildman–Crippen LogP) is 3.80. The number of amides is 3. The molecule has 2 aromatic rings. The highest BCUT2D eigenvalue weighted by molar-refractivity contribution is 14.1. The third-order valence-corrected chi connectivity index (χ3v) is 7.24. The van der Waals surface area contributed by atoms with Crippen molar-refractivity contribution in [2.45, 2.75) is 6.92 Å². The molecular weight excluding hydrogens is 599 g/mol. The number of benzene rings is 2. The van der Waals surface area contributed by atoms with Gasteiger partial charge in [0.05, 0.1) is 30.3 Å². The summed E-state index contributed by atoms with van der Waals surface area (Å²) >= 11 is 2.84. The highest BCUT2D eigenvalue weighted by atomic mass is 127. The molecule has 0 saturated carbocycles. The topological polar surface area (TPSA) is 102 Å². The minimum atomic E-state index is -0.529. The summed E-state index contributed by atoms with van der Waals surface area (Å²) in [7, 11) is 0. The van der Waals surface area contributed by atoms with Crippen LogP contribution in [0, 0.1) is 3.57 Å². The number of esters is 1. The van der Waals surface area contributed by atoms with E-state index in [4.69, 9.17) is 14.2 Å². The molecule has 0 aliphatic carbocycles. The predicted molar refractivity (Wildman–Crippen MR) is 142 cm³/mol. The Labute approximate surface area is 225 Å². The average molecular weight is 622 g/mol. The molecule has 9 nitrogen and oxygen atoms in total. The average Bonchev–Trinajstić information content (AvgIpc) is 3.13. The minimum absolute atomic E-state index is 0.195. The van der Waals surface area contributed by atoms with E-state index in [-0.39, 0.29) is 23.1 Å². The van der Waals surface area contributed by atoms with Crippen molar-refractivity contribution in [3.8, 4) is 11.5 Å². The van der Waals surface area contributed by atoms with E-state index < -0.39 is 17.1 Å². The summed E-state index contributed by atoms with van der Waals surface area (Å²) in [5, 5.41) is -0.499. The molecule has 2 heterocycles. The molecule has 0 spiro atoms. The molecule has 188 valence electrons. The molecule has 2 saturated heterocycles. The van der Waals surface area contributed by atoms with Crippen LogP contribution in [-0.2, 0) is 14.3 Å². The van der Waals surface area contributed by atoms with E-state index in [2.05, 4.69) is 22.6 Å². The van der Waals surface area contributed by atoms with Crippen molar-refractivity contribution in [3.05, 3.63) is 62.1 Å². The number of ether oxygens (including phenoxy) is 3. The van der Waals surface area contributed by atoms with Crippen molar-refractivity contribution in [1.82, 2.24) is 9.80 Å². The van der Waals surface area contributed by atoms with Crippen LogP contribution in [0.4, 0.5) is 4.79 Å². The summed E-state index contributed by atoms with van der Waals surface area (Å²) in [4.78, 5) is 53.2. The Kier molecular flexibility index (Phi) is 8.64. The zero-order valence-corrected chi connectivity index (χ0v) is 22.4. The number of rotatable bonds is 7. The number of nitrogens with zero attached hydrogens (tertiary/aromatic N) is 2. The molecule has 0 aromatic heterocycles. The number of carbonyl (C=O) groups excluding carboxylic acids is 4. The van der Waals surface area contributed by atoms with Gasteiger partial charge in [0.25, 0.3) is 11.1 Å². The fraction of sp³-hybridized carbons (Fsp3) is 0.280. The maximum atomic E-state index is 12.9. The van der Waals surface area contributed by atoms with Gasteiger partial charge in [-0.15, -0.1) is 0 Å². The first-order valence-electron chi connectivity index (χ1n) is 11.2. The second-order valence-corrected chi connectivity index (χ2v) is 9.92. The van der Waals surface area contributed by atoms with Gasteiger partial charge in [0, 0.05) is 16.7 Å². The third-order valence-electron chi connectivity index (χ3n) is 5.39. The molecule has 0 atom stereocenters. The Hall–Kier alpha value is -2.90. The van der Waals surface area contributed by atoms with Gasteiger partial charge in [0.15, 0.2) is 11.5 Å². The molecule has 2 aromatic carbocycles. The van der Waals surface area contributed by atoms with Gasteiger partial charge in [-0.1, -0.05) is 18.2 Å². The van der Waals surface area contributed by atoms with E-state index in [1.54, 1.807) is 48.2 Å². The second-order valence-electron chi connectivity index (χ2n) is 7.77. The van der Waals surface area contributed by atoms with Crippen molar-refractivity contribution in [2.75, 3.05) is 39.5 Å². The minimum Gasteiger partial charge on any atom is -0.490 e. The van der Waals surface area contributed by atoms with Crippen LogP contribution in [0.1, 0.15) is 22.8 Å². The summed E-state index contributed by atoms with van der Waals surface area (Å²) in [6, 6.07) is 12.0. The van der Waals surface area contributed by atoms with E-state index in [9.17, 15) is 19.2 Å². The van der Waals surface area contributed by atoms with Crippen molar-refractivity contribution in [1.29, 1.82) is 0 Å². The Balaban J connectivity index is 1.49. The van der Waals surface area contributed by atoms with Gasteiger partial charge >= 0.3 is 5.97 Å². The van der Waals surface area contributed by atoms with Crippen LogP contribution in [0.25, 0.3) is 6.08 Å². The molecule has 2 fully saturated rings. The zero-order chi connectivity index (χ0) is 25.7. The molecule has 0 N–H and O–H groups in total. The van der Waals surface area contributed by atoms with Gasteiger partial charge in [-0.3, -0.25) is 19.3 Å². The van der Waals surface area contributed by atoms with E-state index in [1.807, 2.05) is 12.1 Å². The van der Waals surface area contributed by atoms with Gasteiger partial charge in [-0.25, -0.2) is 4.79 Å². The zero-order valence-electron chi connectivity index (χ0n) is 19.4. The summed E-state index contributed by atoms with van der Waals surface area (Å²) in [6.07, 6.45) is 1.55. The molecule has 3 amide bonds. The van der Waals surface area contributed by atoms with Crippen LogP contribution in [0.15, 0.2) is 47.4 Å². The number of thioether (sulfide) groups is 1. The van der Waals surface area contributed by atoms with Gasteiger partial charge in [-0.05, 0) is 77.2 Å². The van der Waals surface area contributed by atoms with Gasteiger partial charge < -0.3 is 19.1 Å². The monoisotopic (exact) mass is 622 g/mol.